The predicted molar refractivity (Wildman–Crippen MR) is 249 cm³/mol. The summed E-state index contributed by atoms with van der Waals surface area (Å²) in [6.45, 7) is 2.04. The molecule has 0 saturated heterocycles. The van der Waals surface area contributed by atoms with E-state index in [1.165, 1.54) is 0 Å². The van der Waals surface area contributed by atoms with E-state index in [1.54, 1.807) is 0 Å². The minimum absolute atomic E-state index is 0.685. The maximum Gasteiger partial charge on any atom is 0.160 e. The molecule has 0 aliphatic heterocycles. The summed E-state index contributed by atoms with van der Waals surface area (Å²) in [7, 11) is 0. The lowest BCUT2D eigenvalue weighted by Gasteiger charge is -2.17. The summed E-state index contributed by atoms with van der Waals surface area (Å²) >= 11 is 0. The molecule has 0 atom stereocenters. The van der Waals surface area contributed by atoms with Crippen molar-refractivity contribution in [2.24, 2.45) is 0 Å². The number of nitrogens with zero attached hydrogens (tertiary/aromatic N) is 5. The highest BCUT2D eigenvalue weighted by Crippen LogP contribution is 2.42. The quantitative estimate of drug-likeness (QED) is 0.146. The van der Waals surface area contributed by atoms with Crippen LogP contribution in [0.25, 0.3) is 101 Å². The van der Waals surface area contributed by atoms with Crippen LogP contribution in [-0.2, 0) is 0 Å². The van der Waals surface area contributed by atoms with Crippen LogP contribution in [-0.4, -0.2) is 24.9 Å². The Kier molecular flexibility index (Phi) is 10.1. The Morgan fingerprint density at radius 3 is 1.02 bits per heavy atom. The van der Waals surface area contributed by atoms with Crippen molar-refractivity contribution in [3.8, 4) is 101 Å². The largest absolute Gasteiger partial charge is 0.253 e. The van der Waals surface area contributed by atoms with Crippen LogP contribution in [0.3, 0.4) is 0 Å². The molecule has 0 aliphatic rings. The monoisotopic (exact) mass is 781 g/mol. The van der Waals surface area contributed by atoms with Gasteiger partial charge in [-0.3, -0.25) is 4.98 Å². The molecule has 10 rings (SSSR count). The van der Waals surface area contributed by atoms with Crippen molar-refractivity contribution in [2.45, 2.75) is 6.92 Å². The molecule has 61 heavy (non-hydrogen) atoms. The smallest absolute Gasteiger partial charge is 0.160 e. The van der Waals surface area contributed by atoms with Gasteiger partial charge in [-0.2, -0.15) is 0 Å². The van der Waals surface area contributed by atoms with E-state index in [2.05, 4.69) is 140 Å². The van der Waals surface area contributed by atoms with Crippen molar-refractivity contribution in [2.75, 3.05) is 0 Å². The Bertz CT molecular complexity index is 2830. The zero-order valence-corrected chi connectivity index (χ0v) is 33.5. The second-order valence-electron chi connectivity index (χ2n) is 14.9. The molecule has 288 valence electrons. The van der Waals surface area contributed by atoms with Gasteiger partial charge in [0, 0.05) is 44.6 Å². The molecule has 5 heteroatoms. The third kappa shape index (κ3) is 7.88. The molecule has 0 aliphatic carbocycles. The average molecular weight is 782 g/mol. The van der Waals surface area contributed by atoms with Gasteiger partial charge in [-0.25, -0.2) is 19.9 Å². The summed E-state index contributed by atoms with van der Waals surface area (Å²) in [5.74, 6) is 1.37. The van der Waals surface area contributed by atoms with Gasteiger partial charge in [-0.1, -0.05) is 182 Å². The van der Waals surface area contributed by atoms with E-state index in [1.807, 2.05) is 85.8 Å². The molecule has 0 saturated carbocycles. The fourth-order valence-corrected chi connectivity index (χ4v) is 7.82. The van der Waals surface area contributed by atoms with Gasteiger partial charge in [0.15, 0.2) is 11.6 Å². The van der Waals surface area contributed by atoms with Crippen LogP contribution in [0, 0.1) is 6.92 Å². The van der Waals surface area contributed by atoms with Crippen LogP contribution in [0.4, 0.5) is 0 Å². The van der Waals surface area contributed by atoms with Gasteiger partial charge in [-0.05, 0) is 65.6 Å². The first-order valence-electron chi connectivity index (χ1n) is 20.4. The molecule has 0 radical (unpaired) electrons. The van der Waals surface area contributed by atoms with Crippen LogP contribution in [0.1, 0.15) is 5.69 Å². The summed E-state index contributed by atoms with van der Waals surface area (Å²) in [5, 5.41) is 0. The number of aryl methyl sites for hydroxylation is 1. The zero-order valence-electron chi connectivity index (χ0n) is 33.5. The summed E-state index contributed by atoms with van der Waals surface area (Å²) in [4.78, 5) is 25.5. The van der Waals surface area contributed by atoms with Gasteiger partial charge in [0.1, 0.15) is 0 Å². The molecule has 3 aromatic heterocycles. The van der Waals surface area contributed by atoms with E-state index in [0.29, 0.717) is 11.6 Å². The number of rotatable bonds is 9. The second kappa shape index (κ2) is 16.6. The Morgan fingerprint density at radius 1 is 0.246 bits per heavy atom. The minimum Gasteiger partial charge on any atom is -0.253 e. The molecule has 7 aromatic carbocycles. The van der Waals surface area contributed by atoms with Crippen molar-refractivity contribution in [3.63, 3.8) is 0 Å². The number of pyridine rings is 1. The molecule has 0 spiro atoms. The van der Waals surface area contributed by atoms with E-state index in [9.17, 15) is 0 Å². The van der Waals surface area contributed by atoms with Crippen molar-refractivity contribution in [1.29, 1.82) is 0 Å². The Hall–Kier alpha value is -8.15. The van der Waals surface area contributed by atoms with Crippen molar-refractivity contribution >= 4 is 0 Å². The lowest BCUT2D eigenvalue weighted by atomic mass is 9.88. The second-order valence-corrected chi connectivity index (χ2v) is 14.9. The molecule has 3 heterocycles. The number of benzene rings is 7. The first kappa shape index (κ1) is 37.1. The first-order chi connectivity index (χ1) is 30.1. The van der Waals surface area contributed by atoms with Crippen LogP contribution >= 0.6 is 0 Å². The van der Waals surface area contributed by atoms with E-state index in [-0.39, 0.29) is 0 Å². The van der Waals surface area contributed by atoms with Gasteiger partial charge < -0.3 is 0 Å². The maximum atomic E-state index is 5.15. The van der Waals surface area contributed by atoms with Crippen molar-refractivity contribution < 1.29 is 0 Å². The molecule has 0 unspecified atom stereocenters. The molecule has 0 N–H and O–H groups in total. The van der Waals surface area contributed by atoms with Crippen LogP contribution in [0.2, 0.25) is 0 Å². The summed E-state index contributed by atoms with van der Waals surface area (Å²) in [5.41, 5.74) is 16.6. The molecular weight excluding hydrogens is 743 g/mol. The normalized spacial score (nSPS) is 11.0. The SMILES string of the molecule is Cc1cccc(-c2c(-c3cccc(-c4cc(-c5ccccc5)nc(-c5ccccc5)n4)c3)cccc2-c2cccc(-c3cc(-c4ccccc4)nc(-c4ccccc4)n3)c2)n1. The molecule has 0 fully saturated rings. The summed E-state index contributed by atoms with van der Waals surface area (Å²) < 4.78 is 0. The third-order valence-electron chi connectivity index (χ3n) is 10.8. The van der Waals surface area contributed by atoms with Gasteiger partial charge in [0.25, 0.3) is 0 Å². The number of hydrogen-bond acceptors (Lipinski definition) is 5. The van der Waals surface area contributed by atoms with Crippen LogP contribution in [0.15, 0.2) is 218 Å². The Balaban J connectivity index is 1.11. The van der Waals surface area contributed by atoms with Crippen molar-refractivity contribution in [1.82, 2.24) is 24.9 Å². The highest BCUT2D eigenvalue weighted by molar-refractivity contribution is 5.95. The Labute approximate surface area is 355 Å². The molecule has 10 aromatic rings. The van der Waals surface area contributed by atoms with E-state index < -0.39 is 0 Å². The molecule has 0 amide bonds. The van der Waals surface area contributed by atoms with Gasteiger partial charge in [0.2, 0.25) is 0 Å². The topological polar surface area (TPSA) is 64.5 Å². The molecule has 0 bridgehead atoms. The predicted octanol–water partition coefficient (Wildman–Crippen LogP) is 14.0. The first-order valence-corrected chi connectivity index (χ1v) is 20.4. The highest BCUT2D eigenvalue weighted by atomic mass is 14.9. The lowest BCUT2D eigenvalue weighted by Crippen LogP contribution is -1.97. The van der Waals surface area contributed by atoms with Gasteiger partial charge in [0.05, 0.1) is 28.5 Å². The van der Waals surface area contributed by atoms with E-state index >= 15 is 0 Å². The standard InChI is InChI=1S/C56H39N5/c1-38-18-14-33-49(57-38)54-47(43-27-15-29-45(34-43)52-36-50(39-19-6-2-7-20-39)58-55(60-52)41-23-10-4-11-24-41)31-17-32-48(54)44-28-16-30-46(35-44)53-37-51(40-21-8-3-9-22-40)59-56(61-53)42-25-12-5-13-26-42/h2-37H,1H3. The van der Waals surface area contributed by atoms with Gasteiger partial charge >= 0.3 is 0 Å². The number of aromatic nitrogens is 5. The van der Waals surface area contributed by atoms with Gasteiger partial charge in [-0.15, -0.1) is 0 Å². The zero-order chi connectivity index (χ0) is 41.0. The van der Waals surface area contributed by atoms with Crippen LogP contribution in [0.5, 0.6) is 0 Å². The minimum atomic E-state index is 0.685. The fourth-order valence-electron chi connectivity index (χ4n) is 7.82. The van der Waals surface area contributed by atoms with E-state index in [0.717, 1.165) is 95.4 Å². The summed E-state index contributed by atoms with van der Waals surface area (Å²) in [6, 6.07) is 75.2. The Morgan fingerprint density at radius 2 is 0.590 bits per heavy atom. The van der Waals surface area contributed by atoms with E-state index in [4.69, 9.17) is 24.9 Å². The highest BCUT2D eigenvalue weighted by Gasteiger charge is 2.19. The molecular formula is C56H39N5. The third-order valence-corrected chi connectivity index (χ3v) is 10.8. The summed E-state index contributed by atoms with van der Waals surface area (Å²) in [6.07, 6.45) is 0. The fraction of sp³-hybridized carbons (Fsp3) is 0.0179. The number of hydrogen-bond donors (Lipinski definition) is 0. The average Bonchev–Trinajstić information content (AvgIpc) is 3.34. The lowest BCUT2D eigenvalue weighted by molar-refractivity contribution is 1.18. The maximum absolute atomic E-state index is 5.15. The van der Waals surface area contributed by atoms with Crippen molar-refractivity contribution in [3.05, 3.63) is 224 Å². The van der Waals surface area contributed by atoms with Crippen LogP contribution < -0.4 is 0 Å². The molecule has 5 nitrogen and oxygen atoms in total.